The predicted molar refractivity (Wildman–Crippen MR) is 77.7 cm³/mol. The van der Waals surface area contributed by atoms with E-state index in [0.29, 0.717) is 6.54 Å². The topological polar surface area (TPSA) is 95.5 Å². The Morgan fingerprint density at radius 2 is 1.85 bits per heavy atom. The zero-order valence-electron chi connectivity index (χ0n) is 11.7. The molecule has 0 saturated heterocycles. The average molecular weight is 302 g/mol. The van der Waals surface area contributed by atoms with E-state index >= 15 is 0 Å². The van der Waals surface area contributed by atoms with Crippen LogP contribution >= 0.6 is 11.8 Å². The highest BCUT2D eigenvalue weighted by molar-refractivity contribution is 8.00. The zero-order chi connectivity index (χ0) is 15.0. The van der Waals surface area contributed by atoms with Gasteiger partial charge in [0.1, 0.15) is 0 Å². The number of amides is 3. The maximum Gasteiger partial charge on any atom is 0.321 e. The van der Waals surface area contributed by atoms with E-state index in [0.717, 1.165) is 12.8 Å². The van der Waals surface area contributed by atoms with Crippen LogP contribution in [-0.2, 0) is 9.59 Å². The van der Waals surface area contributed by atoms with Crippen molar-refractivity contribution in [2.24, 2.45) is 0 Å². The zero-order valence-corrected chi connectivity index (χ0v) is 12.6. The van der Waals surface area contributed by atoms with Crippen molar-refractivity contribution in [3.63, 3.8) is 0 Å². The van der Waals surface area contributed by atoms with Gasteiger partial charge < -0.3 is 10.4 Å². The molecular weight excluding hydrogens is 280 g/mol. The lowest BCUT2D eigenvalue weighted by Gasteiger charge is -2.26. The highest BCUT2D eigenvalue weighted by atomic mass is 32.2. The molecule has 0 radical (unpaired) electrons. The average Bonchev–Trinajstić information content (AvgIpc) is 2.85. The Labute approximate surface area is 123 Å². The molecule has 1 fully saturated rings. The molecule has 3 amide bonds. The monoisotopic (exact) mass is 302 g/mol. The van der Waals surface area contributed by atoms with Crippen molar-refractivity contribution in [2.45, 2.75) is 49.7 Å². The number of carboxylic acid groups (broad SMARTS) is 1. The highest BCUT2D eigenvalue weighted by Gasteiger charge is 2.33. The van der Waals surface area contributed by atoms with Crippen molar-refractivity contribution in [3.8, 4) is 0 Å². The summed E-state index contributed by atoms with van der Waals surface area (Å²) in [5.74, 6) is -1.38. The van der Waals surface area contributed by atoms with Crippen LogP contribution in [-0.4, -0.2) is 40.6 Å². The quantitative estimate of drug-likeness (QED) is 0.666. The summed E-state index contributed by atoms with van der Waals surface area (Å²) in [4.78, 5) is 33.3. The number of thioether (sulfide) groups is 1. The van der Waals surface area contributed by atoms with Crippen LogP contribution in [0.25, 0.3) is 0 Å². The third-order valence-corrected chi connectivity index (χ3v) is 4.98. The lowest BCUT2D eigenvalue weighted by Crippen LogP contribution is -2.45. The van der Waals surface area contributed by atoms with Crippen molar-refractivity contribution in [3.05, 3.63) is 0 Å². The second-order valence-corrected chi connectivity index (χ2v) is 6.35. The molecule has 7 heteroatoms. The standard InChI is InChI=1S/C13H22N2O4S/c1-20-13(7-2-3-8-13)9-14-12(19)15-10(16)5-4-6-11(17)18/h2-9H2,1H3,(H,17,18)(H2,14,15,16,19). The van der Waals surface area contributed by atoms with Crippen molar-refractivity contribution < 1.29 is 19.5 Å². The number of carboxylic acids is 1. The number of imide groups is 1. The Hall–Kier alpha value is -1.24. The minimum atomic E-state index is -0.939. The first kappa shape index (κ1) is 16.8. The summed E-state index contributed by atoms with van der Waals surface area (Å²) in [6, 6.07) is -0.495. The third-order valence-electron chi connectivity index (χ3n) is 3.57. The molecule has 0 aromatic heterocycles. The number of urea groups is 1. The Balaban J connectivity index is 2.22. The minimum absolute atomic E-state index is 0.0490. The Bertz CT molecular complexity index is 367. The van der Waals surface area contributed by atoms with Gasteiger partial charge in [-0.25, -0.2) is 4.79 Å². The first-order valence-corrected chi connectivity index (χ1v) is 8.04. The van der Waals surface area contributed by atoms with Gasteiger partial charge in [-0.3, -0.25) is 14.9 Å². The van der Waals surface area contributed by atoms with Crippen LogP contribution in [0.5, 0.6) is 0 Å². The molecule has 0 bridgehead atoms. The smallest absolute Gasteiger partial charge is 0.321 e. The number of rotatable bonds is 7. The minimum Gasteiger partial charge on any atom is -0.481 e. The Kier molecular flexibility index (Phi) is 6.84. The van der Waals surface area contributed by atoms with Gasteiger partial charge in [0.2, 0.25) is 5.91 Å². The molecule has 1 aliphatic rings. The second kappa shape index (κ2) is 8.14. The number of carbonyl (C=O) groups excluding carboxylic acids is 2. The normalized spacial score (nSPS) is 16.6. The maximum atomic E-state index is 11.6. The number of aliphatic carboxylic acids is 1. The predicted octanol–water partition coefficient (Wildman–Crippen LogP) is 1.74. The van der Waals surface area contributed by atoms with Gasteiger partial charge in [-0.2, -0.15) is 11.8 Å². The van der Waals surface area contributed by atoms with Gasteiger partial charge in [-0.15, -0.1) is 0 Å². The summed E-state index contributed by atoms with van der Waals surface area (Å²) in [7, 11) is 0. The molecule has 0 atom stereocenters. The third kappa shape index (κ3) is 5.81. The highest BCUT2D eigenvalue weighted by Crippen LogP contribution is 2.39. The molecule has 0 aromatic rings. The van der Waals surface area contributed by atoms with Crippen LogP contribution in [0.4, 0.5) is 4.79 Å². The fourth-order valence-electron chi connectivity index (χ4n) is 2.35. The molecule has 1 aliphatic carbocycles. The number of nitrogens with one attached hydrogen (secondary N) is 2. The number of hydrogen-bond donors (Lipinski definition) is 3. The number of carbonyl (C=O) groups is 3. The lowest BCUT2D eigenvalue weighted by atomic mass is 10.1. The molecule has 0 heterocycles. The second-order valence-electron chi connectivity index (χ2n) is 5.07. The largest absolute Gasteiger partial charge is 0.481 e. The van der Waals surface area contributed by atoms with Crippen LogP contribution in [0.15, 0.2) is 0 Å². The van der Waals surface area contributed by atoms with Crippen LogP contribution in [0.1, 0.15) is 44.9 Å². The Morgan fingerprint density at radius 1 is 1.20 bits per heavy atom. The summed E-state index contributed by atoms with van der Waals surface area (Å²) in [5, 5.41) is 13.4. The summed E-state index contributed by atoms with van der Waals surface area (Å²) in [5.41, 5.74) is 0. The van der Waals surface area contributed by atoms with Crippen LogP contribution in [0.2, 0.25) is 0 Å². The van der Waals surface area contributed by atoms with Crippen molar-refractivity contribution in [1.82, 2.24) is 10.6 Å². The van der Waals surface area contributed by atoms with Crippen LogP contribution in [0.3, 0.4) is 0 Å². The van der Waals surface area contributed by atoms with Gasteiger partial charge in [-0.05, 0) is 25.5 Å². The van der Waals surface area contributed by atoms with Crippen LogP contribution in [0, 0.1) is 0 Å². The molecular formula is C13H22N2O4S. The van der Waals surface area contributed by atoms with Gasteiger partial charge in [0.25, 0.3) is 0 Å². The van der Waals surface area contributed by atoms with E-state index in [1.165, 1.54) is 12.8 Å². The molecule has 6 nitrogen and oxygen atoms in total. The summed E-state index contributed by atoms with van der Waals surface area (Å²) < 4.78 is 0.101. The summed E-state index contributed by atoms with van der Waals surface area (Å²) in [6.45, 7) is 0.558. The maximum absolute atomic E-state index is 11.6. The van der Waals surface area contributed by atoms with E-state index in [1.54, 1.807) is 11.8 Å². The molecule has 3 N–H and O–H groups in total. The Morgan fingerprint density at radius 3 is 2.40 bits per heavy atom. The first-order chi connectivity index (χ1) is 9.47. The number of hydrogen-bond acceptors (Lipinski definition) is 4. The molecule has 1 rings (SSSR count). The molecule has 0 aromatic carbocycles. The van der Waals surface area contributed by atoms with Crippen molar-refractivity contribution >= 4 is 29.7 Å². The first-order valence-electron chi connectivity index (χ1n) is 6.82. The van der Waals surface area contributed by atoms with Gasteiger partial charge in [0, 0.05) is 24.1 Å². The molecule has 0 unspecified atom stereocenters. The van der Waals surface area contributed by atoms with E-state index in [-0.39, 0.29) is 24.0 Å². The van der Waals surface area contributed by atoms with Gasteiger partial charge >= 0.3 is 12.0 Å². The molecule has 20 heavy (non-hydrogen) atoms. The van der Waals surface area contributed by atoms with E-state index in [1.807, 2.05) is 6.26 Å². The van der Waals surface area contributed by atoms with E-state index in [9.17, 15) is 14.4 Å². The SMILES string of the molecule is CSC1(CNC(=O)NC(=O)CCCC(=O)O)CCCC1. The van der Waals surface area contributed by atoms with Crippen molar-refractivity contribution in [1.29, 1.82) is 0 Å². The summed E-state index contributed by atoms with van der Waals surface area (Å²) >= 11 is 1.77. The van der Waals surface area contributed by atoms with E-state index in [4.69, 9.17) is 5.11 Å². The fourth-order valence-corrected chi connectivity index (χ4v) is 3.26. The van der Waals surface area contributed by atoms with Gasteiger partial charge in [0.05, 0.1) is 0 Å². The molecule has 114 valence electrons. The van der Waals surface area contributed by atoms with Gasteiger partial charge in [0.15, 0.2) is 0 Å². The molecule has 1 saturated carbocycles. The molecule has 0 aliphatic heterocycles. The summed E-state index contributed by atoms with van der Waals surface area (Å²) in [6.07, 6.45) is 6.79. The van der Waals surface area contributed by atoms with Crippen LogP contribution < -0.4 is 10.6 Å². The van der Waals surface area contributed by atoms with Crippen molar-refractivity contribution in [2.75, 3.05) is 12.8 Å². The fraction of sp³-hybridized carbons (Fsp3) is 0.769. The molecule has 0 spiro atoms. The van der Waals surface area contributed by atoms with E-state index in [2.05, 4.69) is 10.6 Å². The van der Waals surface area contributed by atoms with E-state index < -0.39 is 17.9 Å². The van der Waals surface area contributed by atoms with Gasteiger partial charge in [-0.1, -0.05) is 12.8 Å². The lowest BCUT2D eigenvalue weighted by molar-refractivity contribution is -0.137.